The third-order valence-electron chi connectivity index (χ3n) is 4.87. The minimum Gasteiger partial charge on any atom is -0.493 e. The number of thioether (sulfide) groups is 1. The molecular formula is C20H31N3O7S. The first-order valence-corrected chi connectivity index (χ1v) is 11.3. The number of nitro benzene ring substituents is 1. The molecule has 10 nitrogen and oxygen atoms in total. The van der Waals surface area contributed by atoms with E-state index in [4.69, 9.17) is 19.9 Å². The number of methoxy groups -OCH3 is 1. The van der Waals surface area contributed by atoms with Crippen molar-refractivity contribution in [2.75, 3.05) is 39.2 Å². The van der Waals surface area contributed by atoms with Crippen molar-refractivity contribution in [2.24, 2.45) is 5.73 Å². The van der Waals surface area contributed by atoms with Crippen LogP contribution in [0, 0.1) is 10.1 Å². The molecule has 0 aromatic heterocycles. The van der Waals surface area contributed by atoms with Gasteiger partial charge in [-0.05, 0) is 32.1 Å². The second-order valence-corrected chi connectivity index (χ2v) is 8.34. The number of ether oxygens (including phenoxy) is 3. The number of nitro groups is 1. The fourth-order valence-electron chi connectivity index (χ4n) is 3.50. The molecule has 174 valence electrons. The number of carbonyl (C=O) groups is 1. The van der Waals surface area contributed by atoms with Gasteiger partial charge in [-0.3, -0.25) is 14.9 Å². The molecule has 2 rings (SSSR count). The molecule has 1 amide bonds. The Morgan fingerprint density at radius 3 is 2.74 bits per heavy atom. The summed E-state index contributed by atoms with van der Waals surface area (Å²) in [4.78, 5) is 26.0. The highest BCUT2D eigenvalue weighted by Gasteiger charge is 2.42. The second-order valence-electron chi connectivity index (χ2n) is 6.96. The number of hydrogen-bond acceptors (Lipinski definition) is 9. The Labute approximate surface area is 186 Å². The number of aliphatic hydroxyl groups is 1. The quantitative estimate of drug-likeness (QED) is 0.209. The topological polar surface area (TPSA) is 137 Å². The van der Waals surface area contributed by atoms with Gasteiger partial charge in [-0.15, -0.1) is 11.8 Å². The van der Waals surface area contributed by atoms with Crippen molar-refractivity contribution in [1.29, 1.82) is 0 Å². The number of amides is 1. The number of nitrogens with two attached hydrogens (primary N) is 1. The summed E-state index contributed by atoms with van der Waals surface area (Å²) in [6, 6.07) is 2.12. The highest BCUT2D eigenvalue weighted by atomic mass is 32.2. The summed E-state index contributed by atoms with van der Waals surface area (Å²) >= 11 is 1.53. The Morgan fingerprint density at radius 1 is 1.42 bits per heavy atom. The zero-order chi connectivity index (χ0) is 23.0. The molecule has 1 aromatic carbocycles. The number of carbonyl (C=O) groups excluding carboxylic acids is 1. The number of nitrogens with zero attached hydrogens (tertiary/aromatic N) is 2. The van der Waals surface area contributed by atoms with Gasteiger partial charge in [0.1, 0.15) is 11.0 Å². The van der Waals surface area contributed by atoms with E-state index in [2.05, 4.69) is 0 Å². The minimum absolute atomic E-state index is 0.0750. The van der Waals surface area contributed by atoms with E-state index < -0.39 is 23.0 Å². The van der Waals surface area contributed by atoms with Crippen molar-refractivity contribution in [3.05, 3.63) is 27.8 Å². The summed E-state index contributed by atoms with van der Waals surface area (Å²) in [5, 5.41) is 22.0. The predicted octanol–water partition coefficient (Wildman–Crippen LogP) is 2.02. The van der Waals surface area contributed by atoms with Gasteiger partial charge < -0.3 is 30.0 Å². The molecule has 0 saturated carbocycles. The smallest absolute Gasteiger partial charge is 0.286 e. The molecule has 0 radical (unpaired) electrons. The van der Waals surface area contributed by atoms with Crippen LogP contribution < -0.4 is 15.2 Å². The maximum absolute atomic E-state index is 13.4. The summed E-state index contributed by atoms with van der Waals surface area (Å²) in [6.07, 6.45) is 0.183. The summed E-state index contributed by atoms with van der Waals surface area (Å²) in [7, 11) is 1.40. The third kappa shape index (κ3) is 6.22. The molecule has 1 unspecified atom stereocenters. The normalized spacial score (nSPS) is 19.3. The molecule has 1 heterocycles. The van der Waals surface area contributed by atoms with Crippen LogP contribution in [0.25, 0.3) is 0 Å². The van der Waals surface area contributed by atoms with Crippen LogP contribution in [0.15, 0.2) is 12.1 Å². The van der Waals surface area contributed by atoms with Crippen molar-refractivity contribution in [1.82, 2.24) is 4.90 Å². The lowest BCUT2D eigenvalue weighted by Gasteiger charge is -2.30. The highest BCUT2D eigenvalue weighted by Crippen LogP contribution is 2.37. The molecule has 3 atom stereocenters. The van der Waals surface area contributed by atoms with Gasteiger partial charge in [-0.2, -0.15) is 0 Å². The van der Waals surface area contributed by atoms with Crippen molar-refractivity contribution >= 4 is 23.4 Å². The number of aliphatic hydroxyl groups excluding tert-OH is 1. The van der Waals surface area contributed by atoms with Crippen molar-refractivity contribution in [3.8, 4) is 11.5 Å². The van der Waals surface area contributed by atoms with Gasteiger partial charge in [-0.1, -0.05) is 6.92 Å². The Bertz CT molecular complexity index is 759. The van der Waals surface area contributed by atoms with Gasteiger partial charge in [0, 0.05) is 19.2 Å². The maximum Gasteiger partial charge on any atom is 0.286 e. The number of likely N-dealkylation sites (tertiary alicyclic amines) is 1. The first-order valence-electron chi connectivity index (χ1n) is 10.3. The standard InChI is InChI=1S/C20H31N3O7S/c1-4-29-20(31-5-2)16-9-13(24)12-22(16)19(25)14-10-17(28-3)18(30-8-6-7-21)11-15(14)23(26)27/h10-11,13,16,20,24H,4-9,12,21H2,1-3H3/t13-,16+,20?/m1/s1. The minimum atomic E-state index is -0.728. The fraction of sp³-hybridized carbons (Fsp3) is 0.650. The average molecular weight is 458 g/mol. The van der Waals surface area contributed by atoms with E-state index in [-0.39, 0.29) is 41.3 Å². The van der Waals surface area contributed by atoms with Gasteiger partial charge >= 0.3 is 0 Å². The Hall–Kier alpha value is -2.08. The van der Waals surface area contributed by atoms with Crippen LogP contribution in [0.3, 0.4) is 0 Å². The molecule has 1 fully saturated rings. The lowest BCUT2D eigenvalue weighted by molar-refractivity contribution is -0.385. The van der Waals surface area contributed by atoms with Crippen LogP contribution in [0.4, 0.5) is 5.69 Å². The highest BCUT2D eigenvalue weighted by molar-refractivity contribution is 7.99. The molecular weight excluding hydrogens is 426 g/mol. The molecule has 31 heavy (non-hydrogen) atoms. The van der Waals surface area contributed by atoms with Gasteiger partial charge in [0.2, 0.25) is 0 Å². The number of benzene rings is 1. The lowest BCUT2D eigenvalue weighted by Crippen LogP contribution is -2.43. The largest absolute Gasteiger partial charge is 0.493 e. The molecule has 1 aromatic rings. The number of rotatable bonds is 12. The second kappa shape index (κ2) is 12.1. The fourth-order valence-corrected chi connectivity index (χ4v) is 4.54. The first kappa shape index (κ1) is 25.2. The lowest BCUT2D eigenvalue weighted by atomic mass is 10.1. The number of β-amino-alcohol motifs (C(OH)–C–C–N with tert-alkyl or cyclic N) is 1. The summed E-state index contributed by atoms with van der Waals surface area (Å²) in [5.41, 5.74) is 4.62. The summed E-state index contributed by atoms with van der Waals surface area (Å²) < 4.78 is 16.7. The molecule has 3 N–H and O–H groups in total. The third-order valence-corrected chi connectivity index (χ3v) is 5.99. The van der Waals surface area contributed by atoms with Crippen molar-refractivity contribution in [3.63, 3.8) is 0 Å². The van der Waals surface area contributed by atoms with E-state index in [1.807, 2.05) is 13.8 Å². The Balaban J connectivity index is 2.42. The molecule has 11 heteroatoms. The van der Waals surface area contributed by atoms with Gasteiger partial charge in [-0.25, -0.2) is 0 Å². The predicted molar refractivity (Wildman–Crippen MR) is 118 cm³/mol. The van der Waals surface area contributed by atoms with Gasteiger partial charge in [0.25, 0.3) is 11.6 Å². The van der Waals surface area contributed by atoms with Crippen LogP contribution in [0.1, 0.15) is 37.0 Å². The van der Waals surface area contributed by atoms with E-state index >= 15 is 0 Å². The SMILES string of the molecule is CCOC(SCC)[C@@H]1C[C@@H](O)CN1C(=O)c1cc(OC)c(OCCCN)cc1[N+](=O)[O-]. The molecule has 0 bridgehead atoms. The Kier molecular flexibility index (Phi) is 9.82. The van der Waals surface area contributed by atoms with Crippen LogP contribution in [0.5, 0.6) is 11.5 Å². The zero-order valence-corrected chi connectivity index (χ0v) is 18.9. The molecule has 0 aliphatic carbocycles. The van der Waals surface area contributed by atoms with E-state index in [1.165, 1.54) is 35.9 Å². The van der Waals surface area contributed by atoms with Crippen LogP contribution in [0.2, 0.25) is 0 Å². The summed E-state index contributed by atoms with van der Waals surface area (Å²) in [6.45, 7) is 5.05. The first-order chi connectivity index (χ1) is 14.9. The number of hydrogen-bond donors (Lipinski definition) is 2. The van der Waals surface area contributed by atoms with E-state index in [0.717, 1.165) is 5.75 Å². The van der Waals surface area contributed by atoms with E-state index in [0.29, 0.717) is 26.0 Å². The van der Waals surface area contributed by atoms with Gasteiger partial charge in [0.05, 0.1) is 36.9 Å². The van der Waals surface area contributed by atoms with Crippen molar-refractivity contribution in [2.45, 2.75) is 44.3 Å². The van der Waals surface area contributed by atoms with Crippen LogP contribution in [-0.2, 0) is 4.74 Å². The molecule has 0 spiro atoms. The van der Waals surface area contributed by atoms with Crippen molar-refractivity contribution < 1.29 is 29.0 Å². The van der Waals surface area contributed by atoms with Gasteiger partial charge in [0.15, 0.2) is 11.5 Å². The Morgan fingerprint density at radius 2 is 2.16 bits per heavy atom. The maximum atomic E-state index is 13.4. The molecule has 1 aliphatic rings. The zero-order valence-electron chi connectivity index (χ0n) is 18.1. The van der Waals surface area contributed by atoms with E-state index in [1.54, 1.807) is 0 Å². The van der Waals surface area contributed by atoms with Crippen LogP contribution >= 0.6 is 11.8 Å². The molecule has 1 saturated heterocycles. The summed E-state index contributed by atoms with van der Waals surface area (Å²) in [5.74, 6) is 0.598. The van der Waals surface area contributed by atoms with Crippen LogP contribution in [-0.4, -0.2) is 77.6 Å². The average Bonchev–Trinajstić information content (AvgIpc) is 3.14. The monoisotopic (exact) mass is 457 g/mol. The van der Waals surface area contributed by atoms with E-state index in [9.17, 15) is 20.0 Å². The molecule has 1 aliphatic heterocycles.